The van der Waals surface area contributed by atoms with Crippen LogP contribution in [0.2, 0.25) is 0 Å². The van der Waals surface area contributed by atoms with E-state index < -0.39 is 0 Å². The maximum Gasteiger partial charge on any atom is 0.234 e. The molecule has 162 valence electrons. The maximum atomic E-state index is 12.4. The molecule has 0 unspecified atom stereocenters. The van der Waals surface area contributed by atoms with Crippen molar-refractivity contribution in [1.82, 2.24) is 14.8 Å². The number of amides is 1. The lowest BCUT2D eigenvalue weighted by Gasteiger charge is -2.08. The summed E-state index contributed by atoms with van der Waals surface area (Å²) in [5, 5.41) is 12.1. The molecule has 3 aromatic carbocycles. The Morgan fingerprint density at radius 3 is 2.41 bits per heavy atom. The molecular formula is C25H24N4O2S. The molecule has 1 heterocycles. The van der Waals surface area contributed by atoms with E-state index in [0.717, 1.165) is 28.4 Å². The summed E-state index contributed by atoms with van der Waals surface area (Å²) in [6.07, 6.45) is 0. The first-order valence-electron chi connectivity index (χ1n) is 10.2. The lowest BCUT2D eigenvalue weighted by Crippen LogP contribution is -2.14. The van der Waals surface area contributed by atoms with Gasteiger partial charge in [0, 0.05) is 18.3 Å². The Hall–Kier alpha value is -3.58. The van der Waals surface area contributed by atoms with Crippen LogP contribution in [0.5, 0.6) is 5.75 Å². The number of aryl methyl sites for hydroxylation is 1. The van der Waals surface area contributed by atoms with Crippen molar-refractivity contribution in [2.45, 2.75) is 18.7 Å². The molecule has 0 atom stereocenters. The summed E-state index contributed by atoms with van der Waals surface area (Å²) in [4.78, 5) is 12.4. The smallest absolute Gasteiger partial charge is 0.234 e. The van der Waals surface area contributed by atoms with Gasteiger partial charge >= 0.3 is 0 Å². The molecule has 1 amide bonds. The minimum Gasteiger partial charge on any atom is -0.489 e. The Kier molecular flexibility index (Phi) is 6.87. The van der Waals surface area contributed by atoms with Crippen molar-refractivity contribution in [3.63, 3.8) is 0 Å². The molecule has 4 rings (SSSR count). The number of nitrogens with one attached hydrogen (secondary N) is 1. The van der Waals surface area contributed by atoms with Gasteiger partial charge in [0.25, 0.3) is 0 Å². The van der Waals surface area contributed by atoms with Crippen LogP contribution in [0, 0.1) is 6.92 Å². The number of rotatable bonds is 8. The van der Waals surface area contributed by atoms with Crippen LogP contribution in [0.4, 0.5) is 5.69 Å². The minimum absolute atomic E-state index is 0.104. The molecule has 1 aromatic heterocycles. The van der Waals surface area contributed by atoms with E-state index >= 15 is 0 Å². The van der Waals surface area contributed by atoms with Crippen molar-refractivity contribution in [3.8, 4) is 17.1 Å². The zero-order chi connectivity index (χ0) is 22.3. The number of carbonyl (C=O) groups excluding carboxylic acids is 1. The number of aromatic nitrogens is 3. The van der Waals surface area contributed by atoms with E-state index in [0.29, 0.717) is 11.8 Å². The number of carbonyl (C=O) groups is 1. The van der Waals surface area contributed by atoms with Crippen LogP contribution in [0.15, 0.2) is 84.0 Å². The van der Waals surface area contributed by atoms with Gasteiger partial charge in [0.2, 0.25) is 5.91 Å². The lowest BCUT2D eigenvalue weighted by molar-refractivity contribution is -0.113. The number of hydrogen-bond donors (Lipinski definition) is 1. The maximum absolute atomic E-state index is 12.4. The first kappa shape index (κ1) is 21.6. The molecule has 6 nitrogen and oxygen atoms in total. The molecule has 0 bridgehead atoms. The van der Waals surface area contributed by atoms with E-state index in [4.69, 9.17) is 4.74 Å². The van der Waals surface area contributed by atoms with Crippen molar-refractivity contribution >= 4 is 23.4 Å². The van der Waals surface area contributed by atoms with Crippen molar-refractivity contribution in [2.24, 2.45) is 7.05 Å². The van der Waals surface area contributed by atoms with Crippen molar-refractivity contribution in [1.29, 1.82) is 0 Å². The molecule has 0 aliphatic rings. The molecule has 4 aromatic rings. The van der Waals surface area contributed by atoms with Gasteiger partial charge in [0.15, 0.2) is 11.0 Å². The van der Waals surface area contributed by atoms with Gasteiger partial charge in [-0.05, 0) is 36.8 Å². The number of ether oxygens (including phenoxy) is 1. The third-order valence-corrected chi connectivity index (χ3v) is 5.88. The average Bonchev–Trinajstić information content (AvgIpc) is 3.18. The SMILES string of the molecule is Cc1ccc(-c2nnc(SCC(=O)Nc3ccc(OCc4ccccc4)cc3)n2C)cc1. The molecule has 0 fully saturated rings. The number of nitrogens with zero attached hydrogens (tertiary/aromatic N) is 3. The van der Waals surface area contributed by atoms with Crippen molar-refractivity contribution < 1.29 is 9.53 Å². The Balaban J connectivity index is 1.28. The molecular weight excluding hydrogens is 420 g/mol. The first-order valence-corrected chi connectivity index (χ1v) is 11.2. The van der Waals surface area contributed by atoms with Gasteiger partial charge in [0.1, 0.15) is 12.4 Å². The summed E-state index contributed by atoms with van der Waals surface area (Å²) in [6.45, 7) is 2.55. The Morgan fingerprint density at radius 1 is 0.969 bits per heavy atom. The summed E-state index contributed by atoms with van der Waals surface area (Å²) < 4.78 is 7.69. The van der Waals surface area contributed by atoms with Crippen molar-refractivity contribution in [3.05, 3.63) is 90.0 Å². The first-order chi connectivity index (χ1) is 15.6. The second kappa shape index (κ2) is 10.2. The zero-order valence-electron chi connectivity index (χ0n) is 18.0. The van der Waals surface area contributed by atoms with E-state index in [1.54, 1.807) is 0 Å². The highest BCUT2D eigenvalue weighted by Crippen LogP contribution is 2.23. The fourth-order valence-electron chi connectivity index (χ4n) is 3.10. The largest absolute Gasteiger partial charge is 0.489 e. The molecule has 0 aliphatic heterocycles. The van der Waals surface area contributed by atoms with Gasteiger partial charge in [-0.1, -0.05) is 71.9 Å². The van der Waals surface area contributed by atoms with E-state index in [-0.39, 0.29) is 11.7 Å². The highest BCUT2D eigenvalue weighted by Gasteiger charge is 2.13. The van der Waals surface area contributed by atoms with E-state index in [1.165, 1.54) is 17.3 Å². The highest BCUT2D eigenvalue weighted by atomic mass is 32.2. The molecule has 0 aliphatic carbocycles. The molecule has 1 N–H and O–H groups in total. The van der Waals surface area contributed by atoms with Crippen molar-refractivity contribution in [2.75, 3.05) is 11.1 Å². The standard InChI is InChI=1S/C25H24N4O2S/c1-18-8-10-20(11-9-18)24-27-28-25(29(24)2)32-17-23(30)26-21-12-14-22(15-13-21)31-16-19-6-4-3-5-7-19/h3-15H,16-17H2,1-2H3,(H,26,30). The van der Waals surface area contributed by atoms with Gasteiger partial charge in [-0.3, -0.25) is 4.79 Å². The van der Waals surface area contributed by atoms with Crippen LogP contribution in [0.1, 0.15) is 11.1 Å². The van der Waals surface area contributed by atoms with Crippen LogP contribution < -0.4 is 10.1 Å². The minimum atomic E-state index is -0.104. The van der Waals surface area contributed by atoms with E-state index in [2.05, 4.69) is 15.5 Å². The van der Waals surface area contributed by atoms with Gasteiger partial charge < -0.3 is 14.6 Å². The van der Waals surface area contributed by atoms with Gasteiger partial charge in [0.05, 0.1) is 5.75 Å². The van der Waals surface area contributed by atoms with Gasteiger partial charge in [-0.15, -0.1) is 10.2 Å². The number of anilines is 1. The van der Waals surface area contributed by atoms with Crippen LogP contribution >= 0.6 is 11.8 Å². The van der Waals surface area contributed by atoms with Gasteiger partial charge in [-0.2, -0.15) is 0 Å². The molecule has 32 heavy (non-hydrogen) atoms. The Labute approximate surface area is 191 Å². The molecule has 7 heteroatoms. The molecule has 0 radical (unpaired) electrons. The number of thioether (sulfide) groups is 1. The second-order valence-corrected chi connectivity index (χ2v) is 8.31. The van der Waals surface area contributed by atoms with E-state index in [9.17, 15) is 4.79 Å². The summed E-state index contributed by atoms with van der Waals surface area (Å²) in [6, 6.07) is 25.5. The summed E-state index contributed by atoms with van der Waals surface area (Å²) >= 11 is 1.35. The second-order valence-electron chi connectivity index (χ2n) is 7.37. The Bertz CT molecular complexity index is 1170. The third-order valence-electron chi connectivity index (χ3n) is 4.86. The molecule has 0 spiro atoms. The fourth-order valence-corrected chi connectivity index (χ4v) is 3.81. The van der Waals surface area contributed by atoms with Crippen LogP contribution in [0.25, 0.3) is 11.4 Å². The summed E-state index contributed by atoms with van der Waals surface area (Å²) in [5.41, 5.74) is 4.02. The normalized spacial score (nSPS) is 10.7. The summed E-state index contributed by atoms with van der Waals surface area (Å²) in [7, 11) is 1.91. The highest BCUT2D eigenvalue weighted by molar-refractivity contribution is 7.99. The fraction of sp³-hybridized carbons (Fsp3) is 0.160. The Morgan fingerprint density at radius 2 is 1.69 bits per heavy atom. The predicted octanol–water partition coefficient (Wildman–Crippen LogP) is 5.10. The third kappa shape index (κ3) is 5.56. The van der Waals surface area contributed by atoms with E-state index in [1.807, 2.05) is 97.4 Å². The average molecular weight is 445 g/mol. The zero-order valence-corrected chi connectivity index (χ0v) is 18.8. The predicted molar refractivity (Wildman–Crippen MR) is 128 cm³/mol. The lowest BCUT2D eigenvalue weighted by atomic mass is 10.1. The topological polar surface area (TPSA) is 69.0 Å². The summed E-state index contributed by atoms with van der Waals surface area (Å²) in [5.74, 6) is 1.67. The van der Waals surface area contributed by atoms with Crippen LogP contribution in [-0.4, -0.2) is 26.4 Å². The number of benzene rings is 3. The monoisotopic (exact) mass is 444 g/mol. The quantitative estimate of drug-likeness (QED) is 0.383. The molecule has 0 saturated heterocycles. The van der Waals surface area contributed by atoms with Crippen LogP contribution in [0.3, 0.4) is 0 Å². The van der Waals surface area contributed by atoms with Gasteiger partial charge in [-0.25, -0.2) is 0 Å². The molecule has 0 saturated carbocycles. The van der Waals surface area contributed by atoms with Crippen LogP contribution in [-0.2, 0) is 18.4 Å². The number of hydrogen-bond acceptors (Lipinski definition) is 5.